The number of benzene rings is 3. The monoisotopic (exact) mass is 333 g/mol. The van der Waals surface area contributed by atoms with Gasteiger partial charge in [0, 0.05) is 50.7 Å². The zero-order valence-corrected chi connectivity index (χ0v) is 14.0. The van der Waals surface area contributed by atoms with Gasteiger partial charge in [0.15, 0.2) is 0 Å². The molecule has 6 aromatic rings. The van der Waals surface area contributed by atoms with Crippen LogP contribution in [0.1, 0.15) is 0 Å². The quantitative estimate of drug-likeness (QED) is 0.404. The average Bonchev–Trinajstić information content (AvgIpc) is 3.23. The Kier molecular flexibility index (Phi) is 2.61. The van der Waals surface area contributed by atoms with Crippen molar-refractivity contribution in [2.75, 3.05) is 0 Å². The van der Waals surface area contributed by atoms with Gasteiger partial charge in [0.1, 0.15) is 0 Å². The number of aromatic nitrogens is 3. The van der Waals surface area contributed by atoms with Crippen LogP contribution in [0.4, 0.5) is 0 Å². The maximum Gasteiger partial charge on any atom is 0.0541 e. The number of fused-ring (bicyclic) bond motifs is 6. The van der Waals surface area contributed by atoms with Crippen LogP contribution in [-0.2, 0) is 0 Å². The van der Waals surface area contributed by atoms with E-state index in [1.807, 2.05) is 18.5 Å². The normalized spacial score (nSPS) is 11.8. The second-order valence-electron chi connectivity index (χ2n) is 6.65. The number of nitrogens with zero attached hydrogens (tertiary/aromatic N) is 2. The first-order valence-corrected chi connectivity index (χ1v) is 8.74. The van der Waals surface area contributed by atoms with E-state index in [0.717, 1.165) is 16.4 Å². The van der Waals surface area contributed by atoms with Crippen LogP contribution in [0.15, 0.2) is 85.2 Å². The third-order valence-corrected chi connectivity index (χ3v) is 5.22. The third-order valence-electron chi connectivity index (χ3n) is 5.22. The molecule has 6 rings (SSSR count). The summed E-state index contributed by atoms with van der Waals surface area (Å²) in [5, 5.41) is 4.92. The average molecular weight is 333 g/mol. The van der Waals surface area contributed by atoms with Crippen LogP contribution >= 0.6 is 0 Å². The van der Waals surface area contributed by atoms with E-state index in [9.17, 15) is 0 Å². The van der Waals surface area contributed by atoms with Crippen molar-refractivity contribution in [1.82, 2.24) is 14.5 Å². The van der Waals surface area contributed by atoms with Gasteiger partial charge < -0.3 is 9.55 Å². The number of nitrogens with one attached hydrogen (secondary N) is 1. The molecule has 1 N–H and O–H groups in total. The molecule has 0 amide bonds. The van der Waals surface area contributed by atoms with Gasteiger partial charge in [-0.2, -0.15) is 0 Å². The molecule has 0 saturated heterocycles. The lowest BCUT2D eigenvalue weighted by molar-refractivity contribution is 1.19. The molecule has 0 aliphatic rings. The van der Waals surface area contributed by atoms with Crippen LogP contribution in [0.25, 0.3) is 49.3 Å². The van der Waals surface area contributed by atoms with E-state index in [4.69, 9.17) is 0 Å². The van der Waals surface area contributed by atoms with Gasteiger partial charge in [-0.15, -0.1) is 0 Å². The van der Waals surface area contributed by atoms with Crippen molar-refractivity contribution in [2.45, 2.75) is 0 Å². The van der Waals surface area contributed by atoms with Gasteiger partial charge >= 0.3 is 0 Å². The molecule has 3 heteroatoms. The molecule has 0 aliphatic carbocycles. The van der Waals surface area contributed by atoms with Gasteiger partial charge in [-0.3, -0.25) is 4.98 Å². The lowest BCUT2D eigenvalue weighted by Gasteiger charge is -2.08. The molecule has 0 atom stereocenters. The highest BCUT2D eigenvalue weighted by Gasteiger charge is 2.12. The van der Waals surface area contributed by atoms with Crippen molar-refractivity contribution in [3.63, 3.8) is 0 Å². The van der Waals surface area contributed by atoms with Crippen molar-refractivity contribution in [3.8, 4) is 5.69 Å². The molecule has 3 nitrogen and oxygen atoms in total. The van der Waals surface area contributed by atoms with E-state index in [1.165, 1.54) is 32.9 Å². The summed E-state index contributed by atoms with van der Waals surface area (Å²) in [6, 6.07) is 25.8. The minimum absolute atomic E-state index is 1.12. The van der Waals surface area contributed by atoms with Gasteiger partial charge in [-0.1, -0.05) is 36.4 Å². The fourth-order valence-corrected chi connectivity index (χ4v) is 4.07. The Morgan fingerprint density at radius 3 is 2.12 bits per heavy atom. The van der Waals surface area contributed by atoms with E-state index in [2.05, 4.69) is 81.3 Å². The molecular weight excluding hydrogens is 318 g/mol. The van der Waals surface area contributed by atoms with Crippen molar-refractivity contribution < 1.29 is 0 Å². The van der Waals surface area contributed by atoms with Crippen LogP contribution < -0.4 is 0 Å². The fraction of sp³-hybridized carbons (Fsp3) is 0. The number of H-pyrrole nitrogens is 1. The molecule has 3 heterocycles. The highest BCUT2D eigenvalue weighted by atomic mass is 15.0. The Morgan fingerprint density at radius 1 is 0.654 bits per heavy atom. The molecule has 0 aliphatic heterocycles. The number of para-hydroxylation sites is 2. The van der Waals surface area contributed by atoms with Crippen molar-refractivity contribution in [3.05, 3.63) is 85.2 Å². The van der Waals surface area contributed by atoms with Gasteiger partial charge in [-0.25, -0.2) is 0 Å². The molecule has 26 heavy (non-hydrogen) atoms. The summed E-state index contributed by atoms with van der Waals surface area (Å²) in [7, 11) is 0. The molecular formula is C23H15N3. The first-order valence-electron chi connectivity index (χ1n) is 8.74. The number of hydrogen-bond acceptors (Lipinski definition) is 1. The summed E-state index contributed by atoms with van der Waals surface area (Å²) in [5.41, 5.74) is 5.88. The molecule has 0 saturated carbocycles. The summed E-state index contributed by atoms with van der Waals surface area (Å²) in [5.74, 6) is 0. The molecule has 0 unspecified atom stereocenters. The number of aromatic amines is 1. The standard InChI is InChI=1S/C23H15N3/c1-3-7-22-16(5-1)17-6-2-4-8-23(17)26(22)15-9-10-20-18(13-15)19-14-24-12-11-21(19)25-20/h1-14,25H. The predicted octanol–water partition coefficient (Wildman–Crippen LogP) is 5.81. The topological polar surface area (TPSA) is 33.6 Å². The maximum atomic E-state index is 4.30. The van der Waals surface area contributed by atoms with Crippen LogP contribution in [0.5, 0.6) is 0 Å². The van der Waals surface area contributed by atoms with E-state index < -0.39 is 0 Å². The number of pyridine rings is 1. The van der Waals surface area contributed by atoms with E-state index in [-0.39, 0.29) is 0 Å². The summed E-state index contributed by atoms with van der Waals surface area (Å²) in [6.45, 7) is 0. The smallest absolute Gasteiger partial charge is 0.0541 e. The Labute approximate surface area is 149 Å². The summed E-state index contributed by atoms with van der Waals surface area (Å²) in [6.07, 6.45) is 3.76. The Morgan fingerprint density at radius 2 is 1.35 bits per heavy atom. The Balaban J connectivity index is 1.76. The van der Waals surface area contributed by atoms with Crippen LogP contribution in [0, 0.1) is 0 Å². The van der Waals surface area contributed by atoms with Gasteiger partial charge in [0.05, 0.1) is 11.0 Å². The van der Waals surface area contributed by atoms with Gasteiger partial charge in [0.2, 0.25) is 0 Å². The van der Waals surface area contributed by atoms with Crippen molar-refractivity contribution in [2.24, 2.45) is 0 Å². The van der Waals surface area contributed by atoms with E-state index >= 15 is 0 Å². The number of rotatable bonds is 1. The van der Waals surface area contributed by atoms with Gasteiger partial charge in [-0.05, 0) is 36.4 Å². The molecule has 3 aromatic heterocycles. The zero-order valence-electron chi connectivity index (χ0n) is 14.0. The third kappa shape index (κ3) is 1.74. The SMILES string of the molecule is c1ccc2c(c1)c1ccccc1n2-c1ccc2[nH]c3ccncc3c2c1. The van der Waals surface area contributed by atoms with Crippen LogP contribution in [-0.4, -0.2) is 14.5 Å². The second kappa shape index (κ2) is 4.96. The predicted molar refractivity (Wildman–Crippen MR) is 108 cm³/mol. The first kappa shape index (κ1) is 13.7. The Hall–Kier alpha value is -3.59. The highest BCUT2D eigenvalue weighted by molar-refractivity contribution is 6.11. The van der Waals surface area contributed by atoms with Gasteiger partial charge in [0.25, 0.3) is 0 Å². The molecule has 0 bridgehead atoms. The summed E-state index contributed by atoms with van der Waals surface area (Å²) in [4.78, 5) is 7.78. The zero-order chi connectivity index (χ0) is 17.1. The molecule has 0 fully saturated rings. The van der Waals surface area contributed by atoms with E-state index in [1.54, 1.807) is 0 Å². The van der Waals surface area contributed by atoms with E-state index in [0.29, 0.717) is 0 Å². The first-order chi connectivity index (χ1) is 12.9. The lowest BCUT2D eigenvalue weighted by Crippen LogP contribution is -1.93. The Bertz CT molecular complexity index is 1380. The fourth-order valence-electron chi connectivity index (χ4n) is 4.07. The largest absolute Gasteiger partial charge is 0.354 e. The maximum absolute atomic E-state index is 4.30. The van der Waals surface area contributed by atoms with Crippen LogP contribution in [0.3, 0.4) is 0 Å². The van der Waals surface area contributed by atoms with Crippen molar-refractivity contribution in [1.29, 1.82) is 0 Å². The molecule has 0 spiro atoms. The minimum Gasteiger partial charge on any atom is -0.354 e. The molecule has 122 valence electrons. The highest BCUT2D eigenvalue weighted by Crippen LogP contribution is 2.33. The van der Waals surface area contributed by atoms with Crippen molar-refractivity contribution >= 4 is 43.6 Å². The number of hydrogen-bond donors (Lipinski definition) is 1. The summed E-state index contributed by atoms with van der Waals surface area (Å²) < 4.78 is 2.35. The summed E-state index contributed by atoms with van der Waals surface area (Å²) >= 11 is 0. The minimum atomic E-state index is 1.12. The second-order valence-corrected chi connectivity index (χ2v) is 6.65. The lowest BCUT2D eigenvalue weighted by atomic mass is 10.1. The molecule has 0 radical (unpaired) electrons. The molecule has 3 aromatic carbocycles. The van der Waals surface area contributed by atoms with Crippen LogP contribution in [0.2, 0.25) is 0 Å².